The van der Waals surface area contributed by atoms with Crippen molar-refractivity contribution in [1.82, 2.24) is 44.6 Å². The lowest BCUT2D eigenvalue weighted by Gasteiger charge is -2.31. The molecule has 3 aromatic carbocycles. The molecule has 0 spiro atoms. The van der Waals surface area contributed by atoms with E-state index < -0.39 is 0 Å². The third-order valence-corrected chi connectivity index (χ3v) is 13.7. The molecule has 3 saturated heterocycles. The van der Waals surface area contributed by atoms with Crippen molar-refractivity contribution in [2.75, 3.05) is 55.2 Å². The fourth-order valence-corrected chi connectivity index (χ4v) is 9.70. The lowest BCUT2D eigenvalue weighted by Crippen LogP contribution is -2.40. The zero-order valence-corrected chi connectivity index (χ0v) is 38.8. The summed E-state index contributed by atoms with van der Waals surface area (Å²) in [6.07, 6.45) is 6.62. The number of rotatable bonds is 8. The maximum absolute atomic E-state index is 13.6. The number of fused-ring (bicyclic) bond motifs is 3. The van der Waals surface area contributed by atoms with E-state index >= 15 is 0 Å². The molecule has 69 heavy (non-hydrogen) atoms. The van der Waals surface area contributed by atoms with Crippen molar-refractivity contribution < 1.29 is 23.2 Å². The van der Waals surface area contributed by atoms with Crippen molar-refractivity contribution >= 4 is 68.3 Å². The van der Waals surface area contributed by atoms with Gasteiger partial charge < -0.3 is 39.5 Å². The lowest BCUT2D eigenvalue weighted by atomic mass is 9.94. The predicted octanol–water partition coefficient (Wildman–Crippen LogP) is 10.1. The summed E-state index contributed by atoms with van der Waals surface area (Å²) in [7, 11) is 0. The topological polar surface area (TPSA) is 201 Å². The van der Waals surface area contributed by atoms with Crippen LogP contribution in [-0.4, -0.2) is 102 Å². The summed E-state index contributed by atoms with van der Waals surface area (Å²) in [6, 6.07) is 23.9. The molecule has 1 atom stereocenters. The average Bonchev–Trinajstić information content (AvgIpc) is 4.21. The molecule has 8 heterocycles. The van der Waals surface area contributed by atoms with Gasteiger partial charge in [-0.3, -0.25) is 0 Å². The number of urea groups is 3. The quantitative estimate of drug-likeness (QED) is 0.131. The molecule has 0 saturated carbocycles. The standard InChI is InChI=1S/C52H52N12O5/c1-30-31(2)54-42-26-35(8-11-38(42)53-30)58-52(67)64-21-16-33(29-64)25-41-32(3)55-39-12-9-36(27-43(39)59-41)57-51(66)63-22-17-34(18-23-63)45-14-15-47(69-45)49-48(46-7-6-24-68-46)60-40-13-10-37(28-44(40)61-49)56-50(65)62-19-4-5-20-62/h6-15,24,26-28,33-34H,4-5,16-23,25,29H2,1-3H3,(H,56,65)(H,57,66)(H,58,67). The minimum atomic E-state index is -0.176. The summed E-state index contributed by atoms with van der Waals surface area (Å²) < 4.78 is 12.3. The Morgan fingerprint density at radius 1 is 0.551 bits per heavy atom. The second-order valence-electron chi connectivity index (χ2n) is 18.4. The van der Waals surface area contributed by atoms with Crippen LogP contribution in [0.1, 0.15) is 66.6 Å². The minimum absolute atomic E-state index is 0.100. The van der Waals surface area contributed by atoms with Gasteiger partial charge in [0.1, 0.15) is 17.1 Å². The Morgan fingerprint density at radius 2 is 1.07 bits per heavy atom. The molecule has 17 nitrogen and oxygen atoms in total. The van der Waals surface area contributed by atoms with Crippen LogP contribution >= 0.6 is 0 Å². The highest BCUT2D eigenvalue weighted by Gasteiger charge is 2.30. The van der Waals surface area contributed by atoms with Gasteiger partial charge in [-0.1, -0.05) is 0 Å². The number of nitrogens with zero attached hydrogens (tertiary/aromatic N) is 9. The number of furan rings is 2. The number of amides is 6. The zero-order valence-electron chi connectivity index (χ0n) is 38.8. The van der Waals surface area contributed by atoms with Gasteiger partial charge in [0.15, 0.2) is 11.5 Å². The van der Waals surface area contributed by atoms with E-state index in [1.807, 2.05) is 114 Å². The maximum atomic E-state index is 13.6. The molecule has 17 heteroatoms. The van der Waals surface area contributed by atoms with Crippen LogP contribution in [0.15, 0.2) is 94.0 Å². The van der Waals surface area contributed by atoms with Gasteiger partial charge >= 0.3 is 18.1 Å². The largest absolute Gasteiger partial charge is 0.463 e. The predicted molar refractivity (Wildman–Crippen MR) is 263 cm³/mol. The summed E-state index contributed by atoms with van der Waals surface area (Å²) >= 11 is 0. The van der Waals surface area contributed by atoms with Gasteiger partial charge in [0, 0.05) is 62.2 Å². The molecule has 0 bridgehead atoms. The van der Waals surface area contributed by atoms with E-state index in [1.165, 1.54) is 0 Å². The average molecular weight is 925 g/mol. The molecule has 5 aromatic heterocycles. The molecule has 350 valence electrons. The van der Waals surface area contributed by atoms with Crippen molar-refractivity contribution in [1.29, 1.82) is 0 Å². The van der Waals surface area contributed by atoms with Crippen molar-refractivity contribution in [3.8, 4) is 22.9 Å². The number of benzene rings is 3. The van der Waals surface area contributed by atoms with Crippen LogP contribution in [-0.2, 0) is 6.42 Å². The summed E-state index contributed by atoms with van der Waals surface area (Å²) in [4.78, 5) is 74.4. The second kappa shape index (κ2) is 18.3. The molecule has 0 aliphatic carbocycles. The normalized spacial score (nSPS) is 16.5. The first-order valence-electron chi connectivity index (χ1n) is 23.7. The van der Waals surface area contributed by atoms with Crippen molar-refractivity contribution in [2.45, 2.75) is 65.2 Å². The number of nitrogens with one attached hydrogen (secondary N) is 3. The smallest absolute Gasteiger partial charge is 0.321 e. The van der Waals surface area contributed by atoms with Crippen LogP contribution in [0.25, 0.3) is 56.0 Å². The highest BCUT2D eigenvalue weighted by molar-refractivity contribution is 5.94. The Labute approximate surface area is 397 Å². The van der Waals surface area contributed by atoms with Gasteiger partial charge in [0.05, 0.1) is 62.1 Å². The highest BCUT2D eigenvalue weighted by atomic mass is 16.3. The minimum Gasteiger partial charge on any atom is -0.463 e. The molecule has 3 aliphatic heterocycles. The molecule has 3 aliphatic rings. The summed E-state index contributed by atoms with van der Waals surface area (Å²) in [5, 5.41) is 9.15. The molecule has 6 amide bonds. The van der Waals surface area contributed by atoms with Crippen molar-refractivity contribution in [3.05, 3.63) is 114 Å². The summed E-state index contributed by atoms with van der Waals surface area (Å²) in [5.41, 5.74) is 10.8. The van der Waals surface area contributed by atoms with Gasteiger partial charge in [-0.05, 0) is 144 Å². The molecule has 3 fully saturated rings. The van der Waals surface area contributed by atoms with E-state index in [-0.39, 0.29) is 29.9 Å². The Hall–Kier alpha value is -7.95. The van der Waals surface area contributed by atoms with E-state index in [1.54, 1.807) is 6.26 Å². The first kappa shape index (κ1) is 43.6. The van der Waals surface area contributed by atoms with Crippen molar-refractivity contribution in [3.63, 3.8) is 0 Å². The number of aryl methyl sites for hydroxylation is 3. The first-order valence-corrected chi connectivity index (χ1v) is 23.7. The Morgan fingerprint density at radius 3 is 1.71 bits per heavy atom. The summed E-state index contributed by atoms with van der Waals surface area (Å²) in [5.74, 6) is 2.27. The molecule has 0 radical (unpaired) electrons. The van der Waals surface area contributed by atoms with Gasteiger partial charge in [0.2, 0.25) is 0 Å². The van der Waals surface area contributed by atoms with Crippen LogP contribution in [0, 0.1) is 26.7 Å². The summed E-state index contributed by atoms with van der Waals surface area (Å²) in [6.45, 7) is 9.71. The van der Waals surface area contributed by atoms with Crippen LogP contribution in [0.3, 0.4) is 0 Å². The number of hydrogen-bond donors (Lipinski definition) is 3. The van der Waals surface area contributed by atoms with Crippen molar-refractivity contribution in [2.24, 2.45) is 5.92 Å². The second-order valence-corrected chi connectivity index (χ2v) is 18.4. The van der Waals surface area contributed by atoms with Gasteiger partial charge in [-0.25, -0.2) is 44.3 Å². The Balaban J connectivity index is 0.713. The highest BCUT2D eigenvalue weighted by Crippen LogP contribution is 2.37. The third-order valence-electron chi connectivity index (χ3n) is 13.7. The molecule has 8 aromatic rings. The molecule has 3 N–H and O–H groups in total. The van der Waals surface area contributed by atoms with Gasteiger partial charge in [-0.15, -0.1) is 0 Å². The molecule has 1 unspecified atom stereocenters. The SMILES string of the molecule is Cc1nc2ccc(NC(=O)N3CCC(Cc4nc5cc(NC(=O)N6CCC(c7ccc(-c8nc9cc(NC(=O)N%10CCCC%10)ccc9nc8-c8ccco8)o7)CC6)ccc5nc4C)C3)cc2nc1C. The molecular weight excluding hydrogens is 873 g/mol. The number of piperidine rings is 1. The van der Waals surface area contributed by atoms with Crippen LogP contribution in [0.4, 0.5) is 31.4 Å². The van der Waals surface area contributed by atoms with E-state index in [2.05, 4.69) is 25.9 Å². The van der Waals surface area contributed by atoms with E-state index in [9.17, 15) is 14.4 Å². The Kier molecular flexibility index (Phi) is 11.5. The third kappa shape index (κ3) is 9.11. The maximum Gasteiger partial charge on any atom is 0.321 e. The van der Waals surface area contributed by atoms with Crippen LogP contribution in [0.2, 0.25) is 0 Å². The monoisotopic (exact) mass is 924 g/mol. The number of likely N-dealkylation sites (tertiary alicyclic amines) is 3. The van der Waals surface area contributed by atoms with Gasteiger partial charge in [0.25, 0.3) is 0 Å². The zero-order chi connectivity index (χ0) is 47.2. The number of carbonyl (C=O) groups excluding carboxylic acids is 3. The number of carbonyl (C=O) groups is 3. The van der Waals surface area contributed by atoms with Crippen LogP contribution < -0.4 is 16.0 Å². The number of hydrogen-bond acceptors (Lipinski definition) is 11. The van der Waals surface area contributed by atoms with E-state index in [0.29, 0.717) is 89.1 Å². The fraction of sp³-hybridized carbons (Fsp3) is 0.327. The van der Waals surface area contributed by atoms with Gasteiger partial charge in [-0.2, -0.15) is 0 Å². The van der Waals surface area contributed by atoms with E-state index in [4.69, 9.17) is 28.8 Å². The lowest BCUT2D eigenvalue weighted by molar-refractivity contribution is 0.191. The fourth-order valence-electron chi connectivity index (χ4n) is 9.70. The number of anilines is 3. The van der Waals surface area contributed by atoms with Crippen LogP contribution in [0.5, 0.6) is 0 Å². The Bertz CT molecular complexity index is 3270. The molecular formula is C52H52N12O5. The van der Waals surface area contributed by atoms with E-state index in [0.717, 1.165) is 90.3 Å². The first-order chi connectivity index (χ1) is 33.6. The number of aromatic nitrogens is 6. The molecule has 11 rings (SSSR count).